The van der Waals surface area contributed by atoms with Gasteiger partial charge in [0.1, 0.15) is 12.2 Å². The summed E-state index contributed by atoms with van der Waals surface area (Å²) in [5.41, 5.74) is 2.51. The highest BCUT2D eigenvalue weighted by molar-refractivity contribution is 9.11. The average molecular weight is 810 g/mol. The summed E-state index contributed by atoms with van der Waals surface area (Å²) in [6.45, 7) is 3.09. The minimum Gasteiger partial charge on any atom is -0.452 e. The summed E-state index contributed by atoms with van der Waals surface area (Å²) < 4.78 is 7.88. The number of carbonyl (C=O) groups excluding carboxylic acids is 4. The molecule has 0 radical (unpaired) electrons. The fourth-order valence-corrected chi connectivity index (χ4v) is 5.72. The second-order valence-corrected chi connectivity index (χ2v) is 13.1. The van der Waals surface area contributed by atoms with E-state index in [1.54, 1.807) is 14.7 Å². The van der Waals surface area contributed by atoms with Gasteiger partial charge < -0.3 is 29.6 Å². The summed E-state index contributed by atoms with van der Waals surface area (Å²) in [7, 11) is 0. The van der Waals surface area contributed by atoms with Gasteiger partial charge in [-0.2, -0.15) is 0 Å². The summed E-state index contributed by atoms with van der Waals surface area (Å²) >= 11 is 10.00. The van der Waals surface area contributed by atoms with Gasteiger partial charge in [0.05, 0.1) is 0 Å². The molecule has 3 aliphatic rings. The Balaban J connectivity index is 0.000000155. The van der Waals surface area contributed by atoms with E-state index in [1.807, 2.05) is 72.8 Å². The lowest BCUT2D eigenvalue weighted by atomic mass is 10.3. The molecule has 3 amide bonds. The minimum atomic E-state index is -0.821. The molecule has 3 aliphatic heterocycles. The number of ether oxygens (including phenoxy) is 1. The van der Waals surface area contributed by atoms with Gasteiger partial charge in [-0.05, 0) is 72.8 Å². The molecular weight excluding hydrogens is 778 g/mol. The molecule has 0 saturated carbocycles. The lowest BCUT2D eigenvalue weighted by molar-refractivity contribution is -0.151. The van der Waals surface area contributed by atoms with Crippen LogP contribution in [0.1, 0.15) is 26.2 Å². The summed E-state index contributed by atoms with van der Waals surface area (Å²) in [5.74, 6) is -0.969. The van der Waals surface area contributed by atoms with Crippen LogP contribution < -0.4 is 14.7 Å². The zero-order chi connectivity index (χ0) is 32.7. The number of aliphatic hydroxyl groups excluding tert-OH is 2. The number of anilines is 3. The Hall–Kier alpha value is -3.10. The summed E-state index contributed by atoms with van der Waals surface area (Å²) in [6, 6.07) is 22.4. The zero-order valence-electron chi connectivity index (χ0n) is 24.3. The predicted molar refractivity (Wildman–Crippen MR) is 181 cm³/mol. The summed E-state index contributed by atoms with van der Waals surface area (Å²) in [6.07, 6.45) is -0.674. The first-order valence-corrected chi connectivity index (χ1v) is 16.6. The number of amides is 3. The molecule has 3 aromatic rings. The third kappa shape index (κ3) is 9.23. The molecule has 2 N–H and O–H groups in total. The van der Waals surface area contributed by atoms with Gasteiger partial charge in [0, 0.05) is 76.3 Å². The van der Waals surface area contributed by atoms with Crippen LogP contribution in [0.2, 0.25) is 0 Å². The van der Waals surface area contributed by atoms with E-state index in [-0.39, 0.29) is 17.7 Å². The van der Waals surface area contributed by atoms with Crippen LogP contribution in [-0.2, 0) is 23.9 Å². The Bertz CT molecular complexity index is 1430. The average Bonchev–Trinajstić information content (AvgIpc) is 3.67. The SMILES string of the molecule is CC(=O)OC1CCN(c2ccc(Br)cc2)C1=O.O=C1[C@@H](O)CCN1c1ccc(Br)cc1.O=C1[C@H](O)CCN1c1ccc(Br)cc1. The molecule has 238 valence electrons. The third-order valence-electron chi connectivity index (χ3n) is 7.23. The molecule has 3 saturated heterocycles. The van der Waals surface area contributed by atoms with Crippen molar-refractivity contribution in [2.24, 2.45) is 0 Å². The first kappa shape index (κ1) is 34.8. The molecule has 6 rings (SSSR count). The zero-order valence-corrected chi connectivity index (χ0v) is 29.1. The van der Waals surface area contributed by atoms with E-state index < -0.39 is 24.3 Å². The van der Waals surface area contributed by atoms with Crippen molar-refractivity contribution >= 4 is 88.5 Å². The molecule has 0 bridgehead atoms. The van der Waals surface area contributed by atoms with E-state index in [0.29, 0.717) is 38.9 Å². The first-order chi connectivity index (χ1) is 21.4. The topological polar surface area (TPSA) is 128 Å². The van der Waals surface area contributed by atoms with E-state index in [4.69, 9.17) is 4.74 Å². The number of esters is 1. The molecule has 10 nitrogen and oxygen atoms in total. The van der Waals surface area contributed by atoms with E-state index in [2.05, 4.69) is 47.8 Å². The number of carbonyl (C=O) groups is 4. The van der Waals surface area contributed by atoms with Crippen LogP contribution in [0, 0.1) is 0 Å². The van der Waals surface area contributed by atoms with Crippen molar-refractivity contribution in [3.63, 3.8) is 0 Å². The van der Waals surface area contributed by atoms with Crippen LogP contribution in [0.4, 0.5) is 17.1 Å². The van der Waals surface area contributed by atoms with E-state index in [1.165, 1.54) is 6.92 Å². The van der Waals surface area contributed by atoms with E-state index in [0.717, 1.165) is 30.5 Å². The fraction of sp³-hybridized carbons (Fsp3) is 0.312. The van der Waals surface area contributed by atoms with Crippen molar-refractivity contribution in [3.05, 3.63) is 86.2 Å². The van der Waals surface area contributed by atoms with Crippen molar-refractivity contribution in [1.29, 1.82) is 0 Å². The van der Waals surface area contributed by atoms with Crippen LogP contribution in [0.25, 0.3) is 0 Å². The van der Waals surface area contributed by atoms with E-state index >= 15 is 0 Å². The molecule has 1 unspecified atom stereocenters. The Kier molecular flexibility index (Phi) is 12.3. The Morgan fingerprint density at radius 3 is 1.20 bits per heavy atom. The van der Waals surface area contributed by atoms with Gasteiger partial charge in [0.2, 0.25) is 0 Å². The highest BCUT2D eigenvalue weighted by Gasteiger charge is 2.35. The summed E-state index contributed by atoms with van der Waals surface area (Å²) in [5, 5.41) is 18.6. The van der Waals surface area contributed by atoms with Crippen LogP contribution in [0.15, 0.2) is 86.2 Å². The smallest absolute Gasteiger partial charge is 0.303 e. The van der Waals surface area contributed by atoms with Gasteiger partial charge >= 0.3 is 5.97 Å². The largest absolute Gasteiger partial charge is 0.452 e. The maximum atomic E-state index is 12.0. The standard InChI is InChI=1S/C12H12BrNO3.2C10H10BrNO2/c1-8(15)17-11-6-7-14(12(11)16)10-4-2-9(13)3-5-10;2*11-7-1-3-8(4-2-7)12-6-5-9(13)10(12)14/h2-5,11H,6-7H2,1H3;2*1-4,9,13H,5-6H2/t;2*9-/m.10/s1. The lowest BCUT2D eigenvalue weighted by Crippen LogP contribution is -2.31. The van der Waals surface area contributed by atoms with Crippen LogP contribution >= 0.6 is 47.8 Å². The quantitative estimate of drug-likeness (QED) is 0.347. The molecule has 0 aromatic heterocycles. The van der Waals surface area contributed by atoms with Crippen molar-refractivity contribution in [1.82, 2.24) is 0 Å². The second-order valence-electron chi connectivity index (χ2n) is 10.4. The van der Waals surface area contributed by atoms with Crippen LogP contribution in [0.5, 0.6) is 0 Å². The molecule has 3 atom stereocenters. The number of hydrogen-bond donors (Lipinski definition) is 2. The maximum absolute atomic E-state index is 12.0. The molecule has 0 spiro atoms. The van der Waals surface area contributed by atoms with Crippen LogP contribution in [-0.4, -0.2) is 71.9 Å². The monoisotopic (exact) mass is 807 g/mol. The maximum Gasteiger partial charge on any atom is 0.303 e. The lowest BCUT2D eigenvalue weighted by Gasteiger charge is -2.16. The molecule has 0 aliphatic carbocycles. The van der Waals surface area contributed by atoms with Gasteiger partial charge in [-0.1, -0.05) is 47.8 Å². The van der Waals surface area contributed by atoms with Crippen molar-refractivity contribution in [2.75, 3.05) is 34.3 Å². The van der Waals surface area contributed by atoms with Gasteiger partial charge in [-0.15, -0.1) is 0 Å². The number of nitrogens with zero attached hydrogens (tertiary/aromatic N) is 3. The molecular formula is C32H32Br3N3O7. The molecule has 3 aromatic carbocycles. The molecule has 3 fully saturated rings. The number of benzene rings is 3. The Morgan fingerprint density at radius 1 is 0.600 bits per heavy atom. The fourth-order valence-electron chi connectivity index (χ4n) is 4.93. The van der Waals surface area contributed by atoms with Crippen molar-refractivity contribution in [3.8, 4) is 0 Å². The minimum absolute atomic E-state index is 0.150. The Morgan fingerprint density at radius 2 is 0.911 bits per heavy atom. The summed E-state index contributed by atoms with van der Waals surface area (Å²) in [4.78, 5) is 50.6. The number of aliphatic hydroxyl groups is 2. The van der Waals surface area contributed by atoms with Gasteiger partial charge in [0.15, 0.2) is 6.10 Å². The van der Waals surface area contributed by atoms with Gasteiger partial charge in [-0.3, -0.25) is 19.2 Å². The Labute approximate surface area is 286 Å². The van der Waals surface area contributed by atoms with Crippen molar-refractivity contribution < 1.29 is 34.1 Å². The first-order valence-electron chi connectivity index (χ1n) is 14.2. The van der Waals surface area contributed by atoms with Crippen LogP contribution in [0.3, 0.4) is 0 Å². The highest BCUT2D eigenvalue weighted by atomic mass is 79.9. The molecule has 3 heterocycles. The molecule has 13 heteroatoms. The highest BCUT2D eigenvalue weighted by Crippen LogP contribution is 2.26. The number of halogens is 3. The normalized spacial score (nSPS) is 20.9. The predicted octanol–water partition coefficient (Wildman–Crippen LogP) is 5.21. The van der Waals surface area contributed by atoms with Crippen molar-refractivity contribution in [2.45, 2.75) is 44.5 Å². The van der Waals surface area contributed by atoms with Gasteiger partial charge in [0.25, 0.3) is 17.7 Å². The molecule has 45 heavy (non-hydrogen) atoms. The third-order valence-corrected chi connectivity index (χ3v) is 8.82. The second kappa shape index (κ2) is 15.9. The van der Waals surface area contributed by atoms with Gasteiger partial charge in [-0.25, -0.2) is 0 Å². The number of hydrogen-bond acceptors (Lipinski definition) is 7. The number of rotatable bonds is 4. The van der Waals surface area contributed by atoms with E-state index in [9.17, 15) is 29.4 Å².